The Morgan fingerprint density at radius 3 is 2.76 bits per heavy atom. The molecule has 0 aliphatic heterocycles. The number of nitrogens with zero attached hydrogens (tertiary/aromatic N) is 1. The largest absolute Gasteiger partial charge is 0.488 e. The smallest absolute Gasteiger partial charge is 0.230 e. The Balaban J connectivity index is 2.20. The number of aromatic nitrogens is 1. The molecule has 0 spiro atoms. The molecule has 1 aliphatic carbocycles. The molecule has 7 heteroatoms. The van der Waals surface area contributed by atoms with Gasteiger partial charge in [-0.1, -0.05) is 0 Å². The molecule has 6 nitrogen and oxygen atoms in total. The van der Waals surface area contributed by atoms with E-state index in [-0.39, 0.29) is 18.5 Å². The van der Waals surface area contributed by atoms with Gasteiger partial charge in [-0.25, -0.2) is 13.4 Å². The van der Waals surface area contributed by atoms with Crippen LogP contribution >= 0.6 is 0 Å². The molecule has 1 aromatic rings. The van der Waals surface area contributed by atoms with Gasteiger partial charge in [0.25, 0.3) is 0 Å². The van der Waals surface area contributed by atoms with Crippen LogP contribution in [0, 0.1) is 0 Å². The Labute approximate surface area is 100 Å². The van der Waals surface area contributed by atoms with Crippen molar-refractivity contribution in [1.29, 1.82) is 0 Å². The summed E-state index contributed by atoms with van der Waals surface area (Å²) in [5.41, 5.74) is 6.12. The summed E-state index contributed by atoms with van der Waals surface area (Å²) in [7, 11) is -3.32. The first kappa shape index (κ1) is 12.1. The molecule has 1 aromatic heterocycles. The minimum atomic E-state index is -3.32. The van der Waals surface area contributed by atoms with Crippen LogP contribution in [0.1, 0.15) is 18.5 Å². The third-order valence-corrected chi connectivity index (χ3v) is 2.81. The number of rotatable bonds is 5. The van der Waals surface area contributed by atoms with Crippen LogP contribution < -0.4 is 15.2 Å². The fraction of sp³-hybridized carbons (Fsp3) is 0.500. The van der Waals surface area contributed by atoms with Gasteiger partial charge in [-0.05, 0) is 25.0 Å². The van der Waals surface area contributed by atoms with E-state index < -0.39 is 10.0 Å². The maximum Gasteiger partial charge on any atom is 0.230 e. The molecular weight excluding hydrogens is 242 g/mol. The van der Waals surface area contributed by atoms with Crippen molar-refractivity contribution in [2.45, 2.75) is 25.5 Å². The van der Waals surface area contributed by atoms with Gasteiger partial charge in [0.15, 0.2) is 0 Å². The monoisotopic (exact) mass is 257 g/mol. The molecule has 1 fully saturated rings. The highest BCUT2D eigenvalue weighted by Gasteiger charge is 2.24. The Kier molecular flexibility index (Phi) is 3.21. The van der Waals surface area contributed by atoms with Gasteiger partial charge in [0.2, 0.25) is 10.0 Å². The second kappa shape index (κ2) is 4.50. The summed E-state index contributed by atoms with van der Waals surface area (Å²) in [4.78, 5) is 4.12. The molecule has 0 bridgehead atoms. The first-order chi connectivity index (χ1) is 7.98. The minimum absolute atomic E-state index is 0.210. The second-order valence-electron chi connectivity index (χ2n) is 4.04. The van der Waals surface area contributed by atoms with Gasteiger partial charge in [-0.2, -0.15) is 0 Å². The maximum atomic E-state index is 11.1. The molecule has 0 saturated heterocycles. The maximum absolute atomic E-state index is 11.1. The topological polar surface area (TPSA) is 94.3 Å². The zero-order valence-electron chi connectivity index (χ0n) is 9.51. The van der Waals surface area contributed by atoms with E-state index in [4.69, 9.17) is 10.5 Å². The number of anilines is 1. The van der Waals surface area contributed by atoms with E-state index in [2.05, 4.69) is 9.71 Å². The lowest BCUT2D eigenvalue weighted by Crippen LogP contribution is -2.13. The lowest BCUT2D eigenvalue weighted by atomic mass is 10.3. The molecule has 0 aromatic carbocycles. The minimum Gasteiger partial charge on any atom is -0.488 e. The first-order valence-corrected chi connectivity index (χ1v) is 7.21. The summed E-state index contributed by atoms with van der Waals surface area (Å²) in [5.74, 6) is 0.894. The summed E-state index contributed by atoms with van der Waals surface area (Å²) in [6.45, 7) is 0.210. The Morgan fingerprint density at radius 2 is 2.24 bits per heavy atom. The van der Waals surface area contributed by atoms with Crippen LogP contribution in [-0.2, 0) is 16.6 Å². The highest BCUT2D eigenvalue weighted by molar-refractivity contribution is 7.92. The second-order valence-corrected chi connectivity index (χ2v) is 5.79. The van der Waals surface area contributed by atoms with Crippen molar-refractivity contribution in [3.63, 3.8) is 0 Å². The van der Waals surface area contributed by atoms with Crippen molar-refractivity contribution in [2.75, 3.05) is 11.0 Å². The molecule has 0 amide bonds. The molecule has 17 heavy (non-hydrogen) atoms. The summed E-state index contributed by atoms with van der Waals surface area (Å²) in [5, 5.41) is 0. The van der Waals surface area contributed by atoms with Crippen LogP contribution in [0.15, 0.2) is 12.1 Å². The molecule has 0 atom stereocenters. The average Bonchev–Trinajstić information content (AvgIpc) is 3.02. The van der Waals surface area contributed by atoms with Gasteiger partial charge in [0.05, 0.1) is 18.1 Å². The van der Waals surface area contributed by atoms with Gasteiger partial charge >= 0.3 is 0 Å². The summed E-state index contributed by atoms with van der Waals surface area (Å²) >= 11 is 0. The summed E-state index contributed by atoms with van der Waals surface area (Å²) in [6, 6.07) is 3.26. The van der Waals surface area contributed by atoms with E-state index in [1.807, 2.05) is 0 Å². The van der Waals surface area contributed by atoms with Crippen LogP contribution in [0.25, 0.3) is 0 Å². The van der Waals surface area contributed by atoms with Crippen molar-refractivity contribution in [1.82, 2.24) is 4.98 Å². The van der Waals surface area contributed by atoms with Gasteiger partial charge in [-0.15, -0.1) is 0 Å². The number of nitrogens with two attached hydrogens (primary N) is 1. The molecule has 94 valence electrons. The lowest BCUT2D eigenvalue weighted by Gasteiger charge is -2.10. The third kappa shape index (κ3) is 3.57. The van der Waals surface area contributed by atoms with Crippen molar-refractivity contribution in [3.05, 3.63) is 17.8 Å². The summed E-state index contributed by atoms with van der Waals surface area (Å²) in [6.07, 6.45) is 3.43. The van der Waals surface area contributed by atoms with E-state index >= 15 is 0 Å². The van der Waals surface area contributed by atoms with Gasteiger partial charge in [-0.3, -0.25) is 4.72 Å². The Hall–Kier alpha value is -1.34. The van der Waals surface area contributed by atoms with Crippen LogP contribution in [0.4, 0.5) is 5.82 Å². The molecule has 2 rings (SSSR count). The van der Waals surface area contributed by atoms with E-state index in [1.54, 1.807) is 12.1 Å². The molecule has 3 N–H and O–H groups in total. The van der Waals surface area contributed by atoms with E-state index in [0.29, 0.717) is 11.4 Å². The number of nitrogens with one attached hydrogen (secondary N) is 1. The highest BCUT2D eigenvalue weighted by Crippen LogP contribution is 2.29. The van der Waals surface area contributed by atoms with Gasteiger partial charge in [0.1, 0.15) is 11.6 Å². The van der Waals surface area contributed by atoms with Crippen molar-refractivity contribution in [2.24, 2.45) is 5.73 Å². The number of hydrogen-bond acceptors (Lipinski definition) is 5. The predicted octanol–water partition coefficient (Wildman–Crippen LogP) is 0.453. The molecule has 0 radical (unpaired) electrons. The standard InChI is InChI=1S/C10H15N3O3S/c1-17(14,15)13-10-5-4-9(8(6-11)12-10)16-7-2-3-7/h4-5,7H,2-3,6,11H2,1H3,(H,12,13). The highest BCUT2D eigenvalue weighted by atomic mass is 32.2. The Bertz CT molecular complexity index is 512. The van der Waals surface area contributed by atoms with Crippen LogP contribution in [0.3, 0.4) is 0 Å². The third-order valence-electron chi connectivity index (χ3n) is 2.23. The predicted molar refractivity (Wildman–Crippen MR) is 64.2 cm³/mol. The molecule has 1 aliphatic rings. The average molecular weight is 257 g/mol. The van der Waals surface area contributed by atoms with E-state index in [9.17, 15) is 8.42 Å². The first-order valence-electron chi connectivity index (χ1n) is 5.32. The molecular formula is C10H15N3O3S. The van der Waals surface area contributed by atoms with Crippen molar-refractivity contribution >= 4 is 15.8 Å². The number of hydrogen-bond donors (Lipinski definition) is 2. The SMILES string of the molecule is CS(=O)(=O)Nc1ccc(OC2CC2)c(CN)n1. The number of sulfonamides is 1. The van der Waals surface area contributed by atoms with Crippen molar-refractivity contribution in [3.8, 4) is 5.75 Å². The fourth-order valence-corrected chi connectivity index (χ4v) is 1.85. The van der Waals surface area contributed by atoms with Crippen molar-refractivity contribution < 1.29 is 13.2 Å². The number of pyridine rings is 1. The van der Waals surface area contributed by atoms with Crippen LogP contribution in [-0.4, -0.2) is 25.8 Å². The van der Waals surface area contributed by atoms with Crippen LogP contribution in [0.2, 0.25) is 0 Å². The van der Waals surface area contributed by atoms with E-state index in [1.165, 1.54) is 0 Å². The summed E-state index contributed by atoms with van der Waals surface area (Å²) < 4.78 is 30.0. The Morgan fingerprint density at radius 1 is 1.53 bits per heavy atom. The van der Waals surface area contributed by atoms with Crippen LogP contribution in [0.5, 0.6) is 5.75 Å². The lowest BCUT2D eigenvalue weighted by molar-refractivity contribution is 0.298. The molecule has 1 saturated carbocycles. The van der Waals surface area contributed by atoms with Gasteiger partial charge in [0, 0.05) is 6.54 Å². The fourth-order valence-electron chi connectivity index (χ4n) is 1.35. The zero-order chi connectivity index (χ0) is 12.5. The zero-order valence-corrected chi connectivity index (χ0v) is 10.3. The quantitative estimate of drug-likeness (QED) is 0.798. The number of ether oxygens (including phenoxy) is 1. The van der Waals surface area contributed by atoms with Gasteiger partial charge < -0.3 is 10.5 Å². The normalized spacial score (nSPS) is 15.6. The molecule has 0 unspecified atom stereocenters. The van der Waals surface area contributed by atoms with E-state index in [0.717, 1.165) is 19.1 Å². The molecule has 1 heterocycles.